The predicted octanol–water partition coefficient (Wildman–Crippen LogP) is 2.82. The van der Waals surface area contributed by atoms with Crippen LogP contribution in [0.4, 0.5) is 11.4 Å². The molecule has 0 saturated carbocycles. The molecule has 26 heavy (non-hydrogen) atoms. The van der Waals surface area contributed by atoms with Crippen molar-refractivity contribution in [3.05, 3.63) is 75.8 Å². The van der Waals surface area contributed by atoms with E-state index >= 15 is 0 Å². The number of thiocarbonyl (C=S) groups is 1. The van der Waals surface area contributed by atoms with Crippen LogP contribution in [0, 0.1) is 10.1 Å². The van der Waals surface area contributed by atoms with E-state index in [1.807, 2.05) is 0 Å². The average Bonchev–Trinajstić information content (AvgIpc) is 2.60. The number of carboxylic acids is 1. The Balaban J connectivity index is 1.92. The van der Waals surface area contributed by atoms with Crippen molar-refractivity contribution >= 4 is 46.7 Å². The molecule has 132 valence electrons. The second kappa shape index (κ2) is 8.49. The second-order valence-corrected chi connectivity index (χ2v) is 5.42. The van der Waals surface area contributed by atoms with Crippen molar-refractivity contribution in [1.82, 2.24) is 5.32 Å². The number of carbonyl (C=O) groups is 2. The van der Waals surface area contributed by atoms with Gasteiger partial charge in [-0.2, -0.15) is 0 Å². The van der Waals surface area contributed by atoms with Gasteiger partial charge in [-0.1, -0.05) is 12.1 Å². The SMILES string of the molecule is O=C(/C=C/c1cccc([N+](=O)[O-])c1)NC(=S)Nc1ccc(C(=O)O)cc1. The van der Waals surface area contributed by atoms with Gasteiger partial charge in [0, 0.05) is 23.9 Å². The summed E-state index contributed by atoms with van der Waals surface area (Å²) in [4.78, 5) is 32.8. The quantitative estimate of drug-likeness (QED) is 0.320. The molecule has 0 aromatic heterocycles. The molecule has 0 heterocycles. The molecule has 2 aromatic carbocycles. The van der Waals surface area contributed by atoms with Crippen molar-refractivity contribution in [2.75, 3.05) is 5.32 Å². The zero-order valence-corrected chi connectivity index (χ0v) is 14.0. The number of rotatable bonds is 5. The standard InChI is InChI=1S/C17H13N3O5S/c21-15(9-4-11-2-1-3-14(10-11)20(24)25)19-17(26)18-13-7-5-12(6-8-13)16(22)23/h1-10H,(H,22,23)(H2,18,19,21,26)/b9-4+. The highest BCUT2D eigenvalue weighted by Crippen LogP contribution is 2.14. The largest absolute Gasteiger partial charge is 0.478 e. The number of nitro benzene ring substituents is 1. The Kier molecular flexibility index (Phi) is 6.12. The van der Waals surface area contributed by atoms with Crippen molar-refractivity contribution in [2.45, 2.75) is 0 Å². The van der Waals surface area contributed by atoms with E-state index < -0.39 is 16.8 Å². The second-order valence-electron chi connectivity index (χ2n) is 5.01. The first-order valence-corrected chi connectivity index (χ1v) is 7.64. The number of anilines is 1. The molecule has 3 N–H and O–H groups in total. The lowest BCUT2D eigenvalue weighted by Crippen LogP contribution is -2.32. The summed E-state index contributed by atoms with van der Waals surface area (Å²) in [6.45, 7) is 0. The third kappa shape index (κ3) is 5.49. The summed E-state index contributed by atoms with van der Waals surface area (Å²) >= 11 is 5.00. The first-order valence-electron chi connectivity index (χ1n) is 7.23. The molecule has 9 heteroatoms. The summed E-state index contributed by atoms with van der Waals surface area (Å²) in [6, 6.07) is 11.7. The number of nitro groups is 1. The van der Waals surface area contributed by atoms with Gasteiger partial charge in [-0.25, -0.2) is 4.79 Å². The van der Waals surface area contributed by atoms with Gasteiger partial charge in [-0.3, -0.25) is 20.2 Å². The number of non-ortho nitro benzene ring substituents is 1. The zero-order valence-electron chi connectivity index (χ0n) is 13.2. The molecule has 0 aliphatic carbocycles. The third-order valence-corrected chi connectivity index (χ3v) is 3.34. The maximum absolute atomic E-state index is 11.8. The summed E-state index contributed by atoms with van der Waals surface area (Å²) in [5, 5.41) is 24.7. The van der Waals surface area contributed by atoms with Crippen LogP contribution < -0.4 is 10.6 Å². The van der Waals surface area contributed by atoms with E-state index in [-0.39, 0.29) is 16.4 Å². The first kappa shape index (κ1) is 18.7. The van der Waals surface area contributed by atoms with Crippen LogP contribution in [0.5, 0.6) is 0 Å². The number of hydrogen-bond acceptors (Lipinski definition) is 5. The van der Waals surface area contributed by atoms with Crippen LogP contribution in [-0.4, -0.2) is 27.0 Å². The van der Waals surface area contributed by atoms with Crippen LogP contribution in [0.15, 0.2) is 54.6 Å². The Hall–Kier alpha value is -3.59. The molecular formula is C17H13N3O5S. The van der Waals surface area contributed by atoms with Gasteiger partial charge in [-0.05, 0) is 48.1 Å². The van der Waals surface area contributed by atoms with Gasteiger partial charge in [0.25, 0.3) is 5.69 Å². The van der Waals surface area contributed by atoms with Gasteiger partial charge in [-0.15, -0.1) is 0 Å². The summed E-state index contributed by atoms with van der Waals surface area (Å²) < 4.78 is 0. The molecule has 8 nitrogen and oxygen atoms in total. The van der Waals surface area contributed by atoms with Gasteiger partial charge >= 0.3 is 5.97 Å². The summed E-state index contributed by atoms with van der Waals surface area (Å²) in [5.74, 6) is -1.56. The van der Waals surface area contributed by atoms with Crippen LogP contribution in [0.3, 0.4) is 0 Å². The number of nitrogens with zero attached hydrogens (tertiary/aromatic N) is 1. The summed E-state index contributed by atoms with van der Waals surface area (Å²) in [6.07, 6.45) is 2.62. The molecule has 0 atom stereocenters. The fourth-order valence-electron chi connectivity index (χ4n) is 1.93. The fourth-order valence-corrected chi connectivity index (χ4v) is 2.14. The zero-order chi connectivity index (χ0) is 19.1. The first-order chi connectivity index (χ1) is 12.3. The lowest BCUT2D eigenvalue weighted by molar-refractivity contribution is -0.384. The van der Waals surface area contributed by atoms with Gasteiger partial charge < -0.3 is 10.4 Å². The highest BCUT2D eigenvalue weighted by molar-refractivity contribution is 7.80. The van der Waals surface area contributed by atoms with Gasteiger partial charge in [0.1, 0.15) is 0 Å². The maximum atomic E-state index is 11.8. The average molecular weight is 371 g/mol. The minimum atomic E-state index is -1.04. The lowest BCUT2D eigenvalue weighted by atomic mass is 10.2. The molecule has 0 fully saturated rings. The Morgan fingerprint density at radius 1 is 1.15 bits per heavy atom. The van der Waals surface area contributed by atoms with E-state index in [0.717, 1.165) is 0 Å². The molecule has 0 aliphatic heterocycles. The highest BCUT2D eigenvalue weighted by Gasteiger charge is 2.06. The van der Waals surface area contributed by atoms with Crippen molar-refractivity contribution in [1.29, 1.82) is 0 Å². The number of aromatic carboxylic acids is 1. The molecule has 1 amide bonds. The number of carboxylic acid groups (broad SMARTS) is 1. The summed E-state index contributed by atoms with van der Waals surface area (Å²) in [7, 11) is 0. The fraction of sp³-hybridized carbons (Fsp3) is 0. The Bertz CT molecular complexity index is 894. The van der Waals surface area contributed by atoms with E-state index in [2.05, 4.69) is 10.6 Å². The Morgan fingerprint density at radius 2 is 1.85 bits per heavy atom. The van der Waals surface area contributed by atoms with Crippen molar-refractivity contribution in [3.8, 4) is 0 Å². The van der Waals surface area contributed by atoms with Gasteiger partial charge in [0.15, 0.2) is 5.11 Å². The molecule has 2 rings (SSSR count). The number of nitrogens with one attached hydrogen (secondary N) is 2. The Morgan fingerprint density at radius 3 is 2.46 bits per heavy atom. The number of amides is 1. The summed E-state index contributed by atoms with van der Waals surface area (Å²) in [5.41, 5.74) is 1.07. The number of hydrogen-bond donors (Lipinski definition) is 3. The molecular weight excluding hydrogens is 358 g/mol. The molecule has 0 aliphatic rings. The molecule has 2 aromatic rings. The normalized spacial score (nSPS) is 10.3. The molecule has 0 radical (unpaired) electrons. The minimum absolute atomic E-state index is 0.0294. The van der Waals surface area contributed by atoms with E-state index in [9.17, 15) is 19.7 Å². The smallest absolute Gasteiger partial charge is 0.335 e. The van der Waals surface area contributed by atoms with Crippen LogP contribution in [-0.2, 0) is 4.79 Å². The molecule has 0 spiro atoms. The molecule has 0 bridgehead atoms. The highest BCUT2D eigenvalue weighted by atomic mass is 32.1. The van der Waals surface area contributed by atoms with Crippen LogP contribution in [0.2, 0.25) is 0 Å². The lowest BCUT2D eigenvalue weighted by Gasteiger charge is -2.08. The number of benzene rings is 2. The topological polar surface area (TPSA) is 122 Å². The minimum Gasteiger partial charge on any atom is -0.478 e. The van der Waals surface area contributed by atoms with Crippen molar-refractivity contribution < 1.29 is 19.6 Å². The van der Waals surface area contributed by atoms with Crippen molar-refractivity contribution in [2.24, 2.45) is 0 Å². The van der Waals surface area contributed by atoms with Crippen molar-refractivity contribution in [3.63, 3.8) is 0 Å². The van der Waals surface area contributed by atoms with E-state index in [4.69, 9.17) is 17.3 Å². The van der Waals surface area contributed by atoms with E-state index in [0.29, 0.717) is 11.3 Å². The predicted molar refractivity (Wildman–Crippen MR) is 99.9 cm³/mol. The van der Waals surface area contributed by atoms with Gasteiger partial charge in [0.05, 0.1) is 10.5 Å². The van der Waals surface area contributed by atoms with E-state index in [1.165, 1.54) is 54.6 Å². The number of carbonyl (C=O) groups excluding carboxylic acids is 1. The molecule has 0 unspecified atom stereocenters. The molecule has 0 saturated heterocycles. The van der Waals surface area contributed by atoms with Gasteiger partial charge in [0.2, 0.25) is 5.91 Å². The monoisotopic (exact) mass is 371 g/mol. The third-order valence-electron chi connectivity index (χ3n) is 3.13. The van der Waals surface area contributed by atoms with Crippen LogP contribution >= 0.6 is 12.2 Å². The Labute approximate surface area is 153 Å². The van der Waals surface area contributed by atoms with E-state index in [1.54, 1.807) is 6.07 Å². The van der Waals surface area contributed by atoms with Crippen LogP contribution in [0.1, 0.15) is 15.9 Å². The van der Waals surface area contributed by atoms with Crippen LogP contribution in [0.25, 0.3) is 6.08 Å². The maximum Gasteiger partial charge on any atom is 0.335 e.